The van der Waals surface area contributed by atoms with Crippen molar-refractivity contribution in [3.8, 4) is 5.88 Å². The third-order valence-corrected chi connectivity index (χ3v) is 12.8. The van der Waals surface area contributed by atoms with Crippen molar-refractivity contribution in [3.05, 3.63) is 23.5 Å². The second-order valence-corrected chi connectivity index (χ2v) is 18.3. The molecule has 3 aliphatic carbocycles. The van der Waals surface area contributed by atoms with Crippen molar-refractivity contribution in [2.45, 2.75) is 117 Å². The summed E-state index contributed by atoms with van der Waals surface area (Å²) >= 11 is 6.48. The Balaban J connectivity index is 1.25. The first kappa shape index (κ1) is 38.6. The van der Waals surface area contributed by atoms with E-state index >= 15 is 0 Å². The molecule has 3 saturated carbocycles. The number of hydrogen-bond donors (Lipinski definition) is 4. The zero-order chi connectivity index (χ0) is 38.3. The molecular formula is C32H44N10O8S3. The minimum absolute atomic E-state index is 0.0175. The van der Waals surface area contributed by atoms with Crippen LogP contribution in [0, 0.1) is 16.1 Å². The van der Waals surface area contributed by atoms with E-state index in [-0.39, 0.29) is 36.1 Å². The Morgan fingerprint density at radius 1 is 1.17 bits per heavy atom. The number of amides is 4. The molecule has 53 heavy (non-hydrogen) atoms. The Hall–Kier alpha value is -4.11. The summed E-state index contributed by atoms with van der Waals surface area (Å²) in [6.07, 6.45) is 4.14. The maximum absolute atomic E-state index is 14.5. The van der Waals surface area contributed by atoms with Gasteiger partial charge in [0.2, 0.25) is 31.8 Å². The second-order valence-electron chi connectivity index (χ2n) is 15.0. The molecule has 2 aromatic rings. The van der Waals surface area contributed by atoms with Crippen molar-refractivity contribution in [2.24, 2.45) is 18.4 Å². The van der Waals surface area contributed by atoms with Gasteiger partial charge in [0.15, 0.2) is 5.88 Å². The number of tetrazole rings is 1. The Labute approximate surface area is 316 Å². The highest BCUT2D eigenvalue weighted by molar-refractivity contribution is 7.99. The molecule has 6 rings (SSSR count). The van der Waals surface area contributed by atoms with Gasteiger partial charge in [0.1, 0.15) is 34.9 Å². The van der Waals surface area contributed by atoms with Crippen LogP contribution in [0.3, 0.4) is 0 Å². The van der Waals surface area contributed by atoms with Crippen molar-refractivity contribution in [1.82, 2.24) is 50.4 Å². The summed E-state index contributed by atoms with van der Waals surface area (Å²) < 4.78 is 41.0. The number of rotatable bonds is 13. The fourth-order valence-corrected chi connectivity index (χ4v) is 8.99. The first-order chi connectivity index (χ1) is 25.0. The third-order valence-electron chi connectivity index (χ3n) is 9.82. The fourth-order valence-electron chi connectivity index (χ4n) is 6.63. The Kier molecular flexibility index (Phi) is 10.9. The first-order valence-corrected chi connectivity index (χ1v) is 20.2. The number of alkyl carbamates (subject to hydrolysis) is 1. The van der Waals surface area contributed by atoms with E-state index in [1.165, 1.54) is 15.7 Å². The maximum Gasteiger partial charge on any atom is 0.408 e. The molecule has 3 heterocycles. The van der Waals surface area contributed by atoms with Gasteiger partial charge in [0.05, 0.1) is 11.8 Å². The van der Waals surface area contributed by atoms with E-state index in [0.29, 0.717) is 23.0 Å². The number of aromatic nitrogens is 6. The van der Waals surface area contributed by atoms with Crippen LogP contribution < -0.4 is 20.1 Å². The van der Waals surface area contributed by atoms with E-state index < -0.39 is 74.1 Å². The SMILES string of the molecule is C=C[C@@H]1C[C@]1(NC(=O)[C@@H]1C[C@@H](Oc2cc(Sc3nnnn3C)nc(=S)[nH]2)CN1C(=O)[C@@H](NC(=O)OC1CCCC1)C(C)(C)C)C(=O)NS(=O)(=O)C1CC1. The van der Waals surface area contributed by atoms with Crippen LogP contribution in [0.5, 0.6) is 5.88 Å². The molecule has 1 aliphatic heterocycles. The van der Waals surface area contributed by atoms with E-state index in [1.54, 1.807) is 33.9 Å². The summed E-state index contributed by atoms with van der Waals surface area (Å²) in [5, 5.41) is 17.1. The molecule has 4 N–H and O–H groups in total. The molecule has 18 nitrogen and oxygen atoms in total. The van der Waals surface area contributed by atoms with E-state index in [2.05, 4.69) is 47.4 Å². The van der Waals surface area contributed by atoms with Gasteiger partial charge in [-0.15, -0.1) is 11.7 Å². The molecular weight excluding hydrogens is 749 g/mol. The van der Waals surface area contributed by atoms with E-state index in [4.69, 9.17) is 21.7 Å². The van der Waals surface area contributed by atoms with Gasteiger partial charge in [-0.1, -0.05) is 26.8 Å². The van der Waals surface area contributed by atoms with Crippen molar-refractivity contribution in [2.75, 3.05) is 6.54 Å². The van der Waals surface area contributed by atoms with Gasteiger partial charge >= 0.3 is 6.09 Å². The third kappa shape index (κ3) is 8.83. The summed E-state index contributed by atoms with van der Waals surface area (Å²) in [4.78, 5) is 63.8. The lowest BCUT2D eigenvalue weighted by molar-refractivity contribution is -0.143. The minimum Gasteiger partial charge on any atom is -0.474 e. The predicted molar refractivity (Wildman–Crippen MR) is 191 cm³/mol. The molecule has 5 atom stereocenters. The summed E-state index contributed by atoms with van der Waals surface area (Å²) in [5.41, 5.74) is -2.39. The Morgan fingerprint density at radius 2 is 1.89 bits per heavy atom. The normalized spacial score (nSPS) is 25.0. The number of aromatic amines is 1. The Morgan fingerprint density at radius 3 is 2.49 bits per heavy atom. The molecule has 0 aromatic carbocycles. The number of nitrogens with zero attached hydrogens (tertiary/aromatic N) is 6. The number of hydrogen-bond acceptors (Lipinski definition) is 14. The van der Waals surface area contributed by atoms with Gasteiger partial charge < -0.3 is 30.0 Å². The molecule has 0 unspecified atom stereocenters. The average molecular weight is 793 g/mol. The molecule has 21 heteroatoms. The zero-order valence-corrected chi connectivity index (χ0v) is 32.3. The van der Waals surface area contributed by atoms with Crippen LogP contribution in [0.1, 0.15) is 72.1 Å². The number of sulfonamides is 1. The summed E-state index contributed by atoms with van der Waals surface area (Å²) in [5.74, 6) is -2.44. The summed E-state index contributed by atoms with van der Waals surface area (Å²) in [6, 6.07) is -0.696. The van der Waals surface area contributed by atoms with Gasteiger partial charge in [-0.25, -0.2) is 22.9 Å². The van der Waals surface area contributed by atoms with Crippen molar-refractivity contribution in [1.29, 1.82) is 0 Å². The second kappa shape index (κ2) is 15.0. The lowest BCUT2D eigenvalue weighted by Gasteiger charge is -2.35. The number of nitrogens with one attached hydrogen (secondary N) is 4. The molecule has 2 aromatic heterocycles. The highest BCUT2D eigenvalue weighted by atomic mass is 32.2. The molecule has 1 saturated heterocycles. The topological polar surface area (TPSA) is 232 Å². The highest BCUT2D eigenvalue weighted by Gasteiger charge is 2.62. The van der Waals surface area contributed by atoms with Crippen molar-refractivity contribution < 1.29 is 37.1 Å². The first-order valence-electron chi connectivity index (χ1n) is 17.5. The van der Waals surface area contributed by atoms with Gasteiger partial charge in [-0.2, -0.15) is 0 Å². The molecule has 0 radical (unpaired) electrons. The lowest BCUT2D eigenvalue weighted by Crippen LogP contribution is -2.60. The van der Waals surface area contributed by atoms with Crippen LogP contribution >= 0.6 is 24.0 Å². The van der Waals surface area contributed by atoms with Gasteiger partial charge in [-0.05, 0) is 84.8 Å². The smallest absolute Gasteiger partial charge is 0.408 e. The summed E-state index contributed by atoms with van der Waals surface area (Å²) in [7, 11) is -2.24. The number of aryl methyl sites for hydroxylation is 1. The molecule has 0 bridgehead atoms. The molecule has 288 valence electrons. The van der Waals surface area contributed by atoms with Crippen molar-refractivity contribution in [3.63, 3.8) is 0 Å². The Bertz CT molecular complexity index is 1940. The van der Waals surface area contributed by atoms with E-state index in [9.17, 15) is 27.6 Å². The maximum atomic E-state index is 14.5. The number of H-pyrrole nitrogens is 1. The predicted octanol–water partition coefficient (Wildman–Crippen LogP) is 1.91. The monoisotopic (exact) mass is 792 g/mol. The summed E-state index contributed by atoms with van der Waals surface area (Å²) in [6.45, 7) is 9.03. The van der Waals surface area contributed by atoms with Crippen molar-refractivity contribution >= 4 is 57.8 Å². The lowest BCUT2D eigenvalue weighted by atomic mass is 9.85. The van der Waals surface area contributed by atoms with E-state index in [1.807, 2.05) is 0 Å². The quantitative estimate of drug-likeness (QED) is 0.129. The number of carbonyl (C=O) groups excluding carboxylic acids is 4. The molecule has 4 fully saturated rings. The van der Waals surface area contributed by atoms with E-state index in [0.717, 1.165) is 37.4 Å². The molecule has 0 spiro atoms. The van der Waals surface area contributed by atoms with Crippen LogP contribution in [0.2, 0.25) is 0 Å². The fraction of sp³-hybridized carbons (Fsp3) is 0.656. The van der Waals surface area contributed by atoms with Crippen LogP contribution in [0.15, 0.2) is 28.9 Å². The molecule has 4 amide bonds. The molecule has 4 aliphatic rings. The number of likely N-dealkylation sites (tertiary alicyclic amines) is 1. The number of carbonyl (C=O) groups is 4. The average Bonchev–Trinajstić information content (AvgIpc) is 3.89. The van der Waals surface area contributed by atoms with Gasteiger partial charge in [-0.3, -0.25) is 19.1 Å². The standard InChI is InChI=1S/C32H44N10O8S3/c1-6-17-15-32(17,27(45)38-53(47,48)20-11-12-20)36-25(43)21-13-19(49-22-14-23(34-28(51)33-22)52-29-37-39-40-41(29)5)16-42(21)26(44)24(31(2,3)4)35-30(46)50-18-9-7-8-10-18/h6,14,17-21,24H,1,7-13,15-16H2,2-5H3,(H,35,46)(H,36,43)(H,38,45)(H,33,34,51)/t17-,19-,21+,24-,32-/m1/s1. The minimum atomic E-state index is -3.91. The highest BCUT2D eigenvalue weighted by Crippen LogP contribution is 2.45. The number of ether oxygens (including phenoxy) is 2. The largest absolute Gasteiger partial charge is 0.474 e. The van der Waals surface area contributed by atoms with Crippen LogP contribution in [0.25, 0.3) is 0 Å². The van der Waals surface area contributed by atoms with Crippen LogP contribution in [0.4, 0.5) is 4.79 Å². The van der Waals surface area contributed by atoms with Gasteiger partial charge in [0.25, 0.3) is 5.91 Å². The zero-order valence-electron chi connectivity index (χ0n) is 29.9. The van der Waals surface area contributed by atoms with Gasteiger partial charge in [0, 0.05) is 25.5 Å². The van der Waals surface area contributed by atoms with Crippen LogP contribution in [-0.2, 0) is 36.2 Å². The van der Waals surface area contributed by atoms with Crippen LogP contribution in [-0.4, -0.2) is 109 Å².